The van der Waals surface area contributed by atoms with Crippen molar-refractivity contribution in [1.82, 2.24) is 10.2 Å². The van der Waals surface area contributed by atoms with Gasteiger partial charge in [-0.2, -0.15) is 0 Å². The van der Waals surface area contributed by atoms with E-state index in [1.807, 2.05) is 36.1 Å². The Balaban J connectivity index is 1.52. The molecule has 3 rings (SSSR count). The molecule has 0 bridgehead atoms. The minimum absolute atomic E-state index is 0.0707. The third-order valence-electron chi connectivity index (χ3n) is 4.68. The first-order valence-electron chi connectivity index (χ1n) is 8.55. The van der Waals surface area contributed by atoms with Gasteiger partial charge in [-0.3, -0.25) is 9.69 Å². The summed E-state index contributed by atoms with van der Waals surface area (Å²) in [4.78, 5) is 14.3. The van der Waals surface area contributed by atoms with Crippen LogP contribution in [0.5, 0.6) is 0 Å². The highest BCUT2D eigenvalue weighted by atomic mass is 19.1. The van der Waals surface area contributed by atoms with E-state index < -0.39 is 11.6 Å². The summed E-state index contributed by atoms with van der Waals surface area (Å²) < 4.78 is 27.5. The van der Waals surface area contributed by atoms with Crippen molar-refractivity contribution >= 4 is 5.91 Å². The summed E-state index contributed by atoms with van der Waals surface area (Å²) in [5.74, 6) is -1.08. The zero-order valence-electron chi connectivity index (χ0n) is 14.3. The van der Waals surface area contributed by atoms with Crippen LogP contribution >= 0.6 is 0 Å². The topological polar surface area (TPSA) is 32.3 Å². The zero-order valence-corrected chi connectivity index (χ0v) is 14.3. The summed E-state index contributed by atoms with van der Waals surface area (Å²) >= 11 is 0. The summed E-state index contributed by atoms with van der Waals surface area (Å²) in [6, 6.07) is 11.5. The van der Waals surface area contributed by atoms with E-state index >= 15 is 0 Å². The van der Waals surface area contributed by atoms with Crippen LogP contribution in [0.4, 0.5) is 8.78 Å². The Labute approximate surface area is 146 Å². The molecule has 0 saturated carbocycles. The van der Waals surface area contributed by atoms with Crippen molar-refractivity contribution in [3.8, 4) is 0 Å². The van der Waals surface area contributed by atoms with Gasteiger partial charge in [0.05, 0.1) is 0 Å². The van der Waals surface area contributed by atoms with Crippen LogP contribution in [0, 0.1) is 18.6 Å². The van der Waals surface area contributed by atoms with Gasteiger partial charge in [0.25, 0.3) is 5.91 Å². The summed E-state index contributed by atoms with van der Waals surface area (Å²) in [7, 11) is 0. The molecular weight excluding hydrogens is 322 g/mol. The van der Waals surface area contributed by atoms with E-state index in [2.05, 4.69) is 5.32 Å². The minimum atomic E-state index is -0.505. The number of benzene rings is 2. The monoisotopic (exact) mass is 344 g/mol. The molecule has 132 valence electrons. The molecule has 1 N–H and O–H groups in total. The zero-order chi connectivity index (χ0) is 17.8. The van der Waals surface area contributed by atoms with Gasteiger partial charge < -0.3 is 5.32 Å². The van der Waals surface area contributed by atoms with Gasteiger partial charge in [-0.25, -0.2) is 8.78 Å². The van der Waals surface area contributed by atoms with Crippen molar-refractivity contribution in [1.29, 1.82) is 0 Å². The molecule has 0 aliphatic carbocycles. The summed E-state index contributed by atoms with van der Waals surface area (Å²) in [5.41, 5.74) is 1.89. The highest BCUT2D eigenvalue weighted by molar-refractivity contribution is 5.94. The van der Waals surface area contributed by atoms with Crippen LogP contribution in [0.2, 0.25) is 0 Å². The second-order valence-corrected chi connectivity index (χ2v) is 6.59. The van der Waals surface area contributed by atoms with Crippen LogP contribution in [-0.4, -0.2) is 29.9 Å². The van der Waals surface area contributed by atoms with Crippen molar-refractivity contribution in [3.63, 3.8) is 0 Å². The molecule has 0 atom stereocenters. The maximum atomic E-state index is 13.7. The van der Waals surface area contributed by atoms with Gasteiger partial charge in [0.15, 0.2) is 0 Å². The number of aryl methyl sites for hydroxylation is 1. The first-order chi connectivity index (χ1) is 12.0. The Morgan fingerprint density at radius 2 is 1.68 bits per heavy atom. The second kappa shape index (κ2) is 7.74. The molecule has 1 aliphatic rings. The van der Waals surface area contributed by atoms with E-state index in [0.717, 1.165) is 18.4 Å². The van der Waals surface area contributed by atoms with Crippen LogP contribution in [-0.2, 0) is 6.54 Å². The molecule has 1 amide bonds. The molecule has 0 radical (unpaired) electrons. The number of hydrogen-bond acceptors (Lipinski definition) is 2. The Hall–Kier alpha value is -2.27. The van der Waals surface area contributed by atoms with Crippen molar-refractivity contribution in [2.45, 2.75) is 32.4 Å². The normalized spacial score (nSPS) is 16.0. The number of carbonyl (C=O) groups is 1. The van der Waals surface area contributed by atoms with Gasteiger partial charge in [-0.05, 0) is 44.0 Å². The van der Waals surface area contributed by atoms with Gasteiger partial charge in [0.2, 0.25) is 0 Å². The molecular formula is C20H22F2N2O. The Bertz CT molecular complexity index is 718. The van der Waals surface area contributed by atoms with Gasteiger partial charge in [0.1, 0.15) is 11.6 Å². The van der Waals surface area contributed by atoms with Gasteiger partial charge in [0, 0.05) is 36.8 Å². The van der Waals surface area contributed by atoms with Crippen molar-refractivity contribution in [3.05, 3.63) is 70.8 Å². The number of halogens is 2. The van der Waals surface area contributed by atoms with E-state index in [4.69, 9.17) is 0 Å². The number of rotatable bonds is 4. The Morgan fingerprint density at radius 1 is 1.08 bits per heavy atom. The molecule has 2 aromatic rings. The lowest BCUT2D eigenvalue weighted by atomic mass is 10.0. The molecule has 1 fully saturated rings. The predicted molar refractivity (Wildman–Crippen MR) is 93.3 cm³/mol. The number of piperidine rings is 1. The first kappa shape index (κ1) is 17.5. The Kier molecular flexibility index (Phi) is 5.43. The summed E-state index contributed by atoms with van der Waals surface area (Å²) in [6.45, 7) is 3.65. The third-order valence-corrected chi connectivity index (χ3v) is 4.68. The smallest absolute Gasteiger partial charge is 0.251 e. The van der Waals surface area contributed by atoms with Crippen molar-refractivity contribution in [2.24, 2.45) is 0 Å². The molecule has 1 heterocycles. The van der Waals surface area contributed by atoms with Crippen molar-refractivity contribution < 1.29 is 13.6 Å². The summed E-state index contributed by atoms with van der Waals surface area (Å²) in [6.07, 6.45) is 1.54. The van der Waals surface area contributed by atoms with Crippen LogP contribution in [0.25, 0.3) is 0 Å². The molecule has 2 aromatic carbocycles. The average Bonchev–Trinajstić information content (AvgIpc) is 2.60. The standard InChI is InChI=1S/C20H22F2N2O/c1-14-5-7-15(8-6-14)20(25)23-16-9-11-24(12-10-16)13-17-18(21)3-2-4-19(17)22/h2-8,16H,9-13H2,1H3,(H,23,25). The lowest BCUT2D eigenvalue weighted by molar-refractivity contribution is 0.0908. The van der Waals surface area contributed by atoms with E-state index in [0.29, 0.717) is 18.7 Å². The highest BCUT2D eigenvalue weighted by Crippen LogP contribution is 2.18. The van der Waals surface area contributed by atoms with Crippen LogP contribution in [0.3, 0.4) is 0 Å². The SMILES string of the molecule is Cc1ccc(C(=O)NC2CCN(Cc3c(F)cccc3F)CC2)cc1. The first-order valence-corrected chi connectivity index (χ1v) is 8.55. The maximum Gasteiger partial charge on any atom is 0.251 e. The number of carbonyl (C=O) groups excluding carboxylic acids is 1. The second-order valence-electron chi connectivity index (χ2n) is 6.59. The van der Waals surface area contributed by atoms with E-state index in [1.54, 1.807) is 0 Å². The fourth-order valence-corrected chi connectivity index (χ4v) is 3.12. The molecule has 25 heavy (non-hydrogen) atoms. The third kappa shape index (κ3) is 4.42. The number of hydrogen-bond donors (Lipinski definition) is 1. The van der Waals surface area contributed by atoms with E-state index in [9.17, 15) is 13.6 Å². The van der Waals surface area contributed by atoms with E-state index in [1.165, 1.54) is 18.2 Å². The maximum absolute atomic E-state index is 13.7. The fourth-order valence-electron chi connectivity index (χ4n) is 3.12. The van der Waals surface area contributed by atoms with Crippen LogP contribution < -0.4 is 5.32 Å². The number of nitrogens with zero attached hydrogens (tertiary/aromatic N) is 1. The average molecular weight is 344 g/mol. The van der Waals surface area contributed by atoms with Crippen LogP contribution in [0.15, 0.2) is 42.5 Å². The lowest BCUT2D eigenvalue weighted by Gasteiger charge is -2.32. The molecule has 1 aliphatic heterocycles. The molecule has 1 saturated heterocycles. The van der Waals surface area contributed by atoms with Gasteiger partial charge in [-0.15, -0.1) is 0 Å². The number of likely N-dealkylation sites (tertiary alicyclic amines) is 1. The predicted octanol–water partition coefficient (Wildman–Crippen LogP) is 3.67. The van der Waals surface area contributed by atoms with Crippen LogP contribution in [0.1, 0.15) is 34.3 Å². The van der Waals surface area contributed by atoms with E-state index in [-0.39, 0.29) is 24.1 Å². The van der Waals surface area contributed by atoms with Gasteiger partial charge in [-0.1, -0.05) is 23.8 Å². The largest absolute Gasteiger partial charge is 0.349 e. The molecule has 0 unspecified atom stereocenters. The lowest BCUT2D eigenvalue weighted by Crippen LogP contribution is -2.44. The number of nitrogens with one attached hydrogen (secondary N) is 1. The molecule has 5 heteroatoms. The fraction of sp³-hybridized carbons (Fsp3) is 0.350. The molecule has 0 spiro atoms. The minimum Gasteiger partial charge on any atom is -0.349 e. The quantitative estimate of drug-likeness (QED) is 0.918. The van der Waals surface area contributed by atoms with Crippen molar-refractivity contribution in [2.75, 3.05) is 13.1 Å². The molecule has 0 aromatic heterocycles. The van der Waals surface area contributed by atoms with Gasteiger partial charge >= 0.3 is 0 Å². The number of amides is 1. The Morgan fingerprint density at radius 3 is 2.28 bits per heavy atom. The molecule has 3 nitrogen and oxygen atoms in total. The summed E-state index contributed by atoms with van der Waals surface area (Å²) in [5, 5.41) is 3.05. The highest BCUT2D eigenvalue weighted by Gasteiger charge is 2.22.